The Hall–Kier alpha value is -2.07. The Morgan fingerprint density at radius 3 is 2.78 bits per heavy atom. The first-order valence-corrected chi connectivity index (χ1v) is 8.00. The van der Waals surface area contributed by atoms with E-state index in [0.29, 0.717) is 22.2 Å². The second kappa shape index (κ2) is 6.59. The third kappa shape index (κ3) is 3.82. The van der Waals surface area contributed by atoms with Gasteiger partial charge in [0.2, 0.25) is 0 Å². The van der Waals surface area contributed by atoms with Crippen molar-refractivity contribution in [2.45, 2.75) is 32.4 Å². The van der Waals surface area contributed by atoms with Crippen molar-refractivity contribution in [3.05, 3.63) is 63.9 Å². The molecule has 0 aromatic heterocycles. The number of anilines is 1. The van der Waals surface area contributed by atoms with E-state index in [4.69, 9.17) is 11.6 Å². The molecule has 0 heterocycles. The standard InChI is InChI=1S/C18H18ClFN2O/c1-11-5-6-12(18(23)22-13-7-8-13)9-17(11)21-10-14-15(19)3-2-4-16(14)20/h2-6,9,13,21H,7-8,10H2,1H3,(H,22,23). The van der Waals surface area contributed by atoms with Crippen LogP contribution < -0.4 is 10.6 Å². The maximum atomic E-state index is 13.8. The molecular weight excluding hydrogens is 315 g/mol. The molecule has 3 nitrogen and oxygen atoms in total. The van der Waals surface area contributed by atoms with Crippen molar-refractivity contribution in [2.24, 2.45) is 0 Å². The molecule has 1 amide bonds. The van der Waals surface area contributed by atoms with Crippen molar-refractivity contribution < 1.29 is 9.18 Å². The fourth-order valence-electron chi connectivity index (χ4n) is 2.33. The molecular formula is C18H18ClFN2O. The molecule has 3 rings (SSSR count). The fraction of sp³-hybridized carbons (Fsp3) is 0.278. The van der Waals surface area contributed by atoms with Gasteiger partial charge in [-0.1, -0.05) is 23.7 Å². The normalized spacial score (nSPS) is 13.7. The molecule has 0 saturated heterocycles. The largest absolute Gasteiger partial charge is 0.381 e. The van der Waals surface area contributed by atoms with Crippen LogP contribution in [0.4, 0.5) is 10.1 Å². The highest BCUT2D eigenvalue weighted by atomic mass is 35.5. The van der Waals surface area contributed by atoms with Crippen molar-refractivity contribution in [1.29, 1.82) is 0 Å². The molecule has 0 spiro atoms. The van der Waals surface area contributed by atoms with Crippen LogP contribution >= 0.6 is 11.6 Å². The minimum atomic E-state index is -0.342. The summed E-state index contributed by atoms with van der Waals surface area (Å²) >= 11 is 6.04. The molecule has 1 aliphatic rings. The third-order valence-corrected chi connectivity index (χ3v) is 4.28. The minimum absolute atomic E-state index is 0.0699. The average molecular weight is 333 g/mol. The SMILES string of the molecule is Cc1ccc(C(=O)NC2CC2)cc1NCc1c(F)cccc1Cl. The van der Waals surface area contributed by atoms with Crippen molar-refractivity contribution >= 4 is 23.2 Å². The monoisotopic (exact) mass is 332 g/mol. The van der Waals surface area contributed by atoms with Gasteiger partial charge in [-0.3, -0.25) is 4.79 Å². The summed E-state index contributed by atoms with van der Waals surface area (Å²) in [5.74, 6) is -0.412. The predicted octanol–water partition coefficient (Wildman–Crippen LogP) is 4.29. The smallest absolute Gasteiger partial charge is 0.251 e. The number of hydrogen-bond donors (Lipinski definition) is 2. The lowest BCUT2D eigenvalue weighted by molar-refractivity contribution is 0.0951. The summed E-state index contributed by atoms with van der Waals surface area (Å²) in [4.78, 5) is 12.1. The van der Waals surface area contributed by atoms with Crippen LogP contribution in [0.1, 0.15) is 34.3 Å². The number of amides is 1. The molecule has 0 bridgehead atoms. The van der Waals surface area contributed by atoms with Gasteiger partial charge >= 0.3 is 0 Å². The van der Waals surface area contributed by atoms with Gasteiger partial charge in [0.15, 0.2) is 0 Å². The van der Waals surface area contributed by atoms with Crippen molar-refractivity contribution in [3.8, 4) is 0 Å². The zero-order chi connectivity index (χ0) is 16.4. The summed E-state index contributed by atoms with van der Waals surface area (Å²) in [5.41, 5.74) is 2.80. The van der Waals surface area contributed by atoms with Gasteiger partial charge in [0, 0.05) is 34.4 Å². The zero-order valence-electron chi connectivity index (χ0n) is 12.8. The molecule has 2 aromatic carbocycles. The summed E-state index contributed by atoms with van der Waals surface area (Å²) in [5, 5.41) is 6.52. The van der Waals surface area contributed by atoms with Crippen molar-refractivity contribution in [1.82, 2.24) is 5.32 Å². The highest BCUT2D eigenvalue weighted by molar-refractivity contribution is 6.31. The number of benzene rings is 2. The van der Waals surface area contributed by atoms with E-state index in [9.17, 15) is 9.18 Å². The molecule has 0 atom stereocenters. The maximum Gasteiger partial charge on any atom is 0.251 e. The number of rotatable bonds is 5. The van der Waals surface area contributed by atoms with Gasteiger partial charge in [-0.15, -0.1) is 0 Å². The van der Waals surface area contributed by atoms with E-state index in [0.717, 1.165) is 24.1 Å². The number of hydrogen-bond acceptors (Lipinski definition) is 2. The fourth-order valence-corrected chi connectivity index (χ4v) is 2.56. The Morgan fingerprint density at radius 2 is 2.09 bits per heavy atom. The molecule has 0 unspecified atom stereocenters. The Bertz CT molecular complexity index is 724. The Balaban J connectivity index is 1.75. The first-order chi connectivity index (χ1) is 11.0. The van der Waals surface area contributed by atoms with Crippen LogP contribution in [0, 0.1) is 12.7 Å². The quantitative estimate of drug-likeness (QED) is 0.857. The van der Waals surface area contributed by atoms with Crippen molar-refractivity contribution in [3.63, 3.8) is 0 Å². The number of aryl methyl sites for hydroxylation is 1. The summed E-state index contributed by atoms with van der Waals surface area (Å²) in [6.07, 6.45) is 2.10. The maximum absolute atomic E-state index is 13.8. The molecule has 2 aromatic rings. The van der Waals surface area contributed by atoms with E-state index in [-0.39, 0.29) is 18.3 Å². The molecule has 0 radical (unpaired) electrons. The van der Waals surface area contributed by atoms with Gasteiger partial charge < -0.3 is 10.6 Å². The first kappa shape index (κ1) is 15.8. The summed E-state index contributed by atoms with van der Waals surface area (Å²) in [6, 6.07) is 10.4. The van der Waals surface area contributed by atoms with Gasteiger partial charge in [-0.25, -0.2) is 4.39 Å². The second-order valence-electron chi connectivity index (χ2n) is 5.83. The molecule has 1 fully saturated rings. The lowest BCUT2D eigenvalue weighted by Crippen LogP contribution is -2.25. The average Bonchev–Trinajstić information content (AvgIpc) is 3.32. The summed E-state index contributed by atoms with van der Waals surface area (Å²) < 4.78 is 13.8. The molecule has 0 aliphatic heterocycles. The number of carbonyl (C=O) groups is 1. The van der Waals surface area contributed by atoms with E-state index < -0.39 is 0 Å². The number of halogens is 2. The number of carbonyl (C=O) groups excluding carboxylic acids is 1. The lowest BCUT2D eigenvalue weighted by Gasteiger charge is -2.13. The van der Waals surface area contributed by atoms with Gasteiger partial charge in [-0.05, 0) is 49.6 Å². The van der Waals surface area contributed by atoms with Crippen LogP contribution in [0.2, 0.25) is 5.02 Å². The predicted molar refractivity (Wildman–Crippen MR) is 90.4 cm³/mol. The van der Waals surface area contributed by atoms with E-state index in [1.165, 1.54) is 6.07 Å². The van der Waals surface area contributed by atoms with E-state index in [1.807, 2.05) is 13.0 Å². The summed E-state index contributed by atoms with van der Waals surface area (Å²) in [7, 11) is 0. The van der Waals surface area contributed by atoms with E-state index in [1.54, 1.807) is 24.3 Å². The van der Waals surface area contributed by atoms with Crippen molar-refractivity contribution in [2.75, 3.05) is 5.32 Å². The zero-order valence-corrected chi connectivity index (χ0v) is 13.6. The first-order valence-electron chi connectivity index (χ1n) is 7.63. The van der Waals surface area contributed by atoms with Crippen LogP contribution in [0.25, 0.3) is 0 Å². The van der Waals surface area contributed by atoms with Crippen LogP contribution in [-0.4, -0.2) is 11.9 Å². The molecule has 120 valence electrons. The van der Waals surface area contributed by atoms with Crippen LogP contribution in [-0.2, 0) is 6.54 Å². The van der Waals surface area contributed by atoms with Gasteiger partial charge in [0.05, 0.1) is 0 Å². The third-order valence-electron chi connectivity index (χ3n) is 3.93. The lowest BCUT2D eigenvalue weighted by atomic mass is 10.1. The van der Waals surface area contributed by atoms with Crippen LogP contribution in [0.5, 0.6) is 0 Å². The minimum Gasteiger partial charge on any atom is -0.381 e. The highest BCUT2D eigenvalue weighted by Gasteiger charge is 2.23. The Labute approximate surface area is 139 Å². The van der Waals surface area contributed by atoms with Gasteiger partial charge in [0.1, 0.15) is 5.82 Å². The summed E-state index contributed by atoms with van der Waals surface area (Å²) in [6.45, 7) is 2.20. The van der Waals surface area contributed by atoms with E-state index >= 15 is 0 Å². The second-order valence-corrected chi connectivity index (χ2v) is 6.24. The van der Waals surface area contributed by atoms with Crippen LogP contribution in [0.3, 0.4) is 0 Å². The highest BCUT2D eigenvalue weighted by Crippen LogP contribution is 2.24. The van der Waals surface area contributed by atoms with Crippen LogP contribution in [0.15, 0.2) is 36.4 Å². The molecule has 1 aliphatic carbocycles. The van der Waals surface area contributed by atoms with Gasteiger partial charge in [0.25, 0.3) is 5.91 Å². The topological polar surface area (TPSA) is 41.1 Å². The Kier molecular flexibility index (Phi) is 4.53. The van der Waals surface area contributed by atoms with E-state index in [2.05, 4.69) is 10.6 Å². The molecule has 1 saturated carbocycles. The molecule has 5 heteroatoms. The molecule has 2 N–H and O–H groups in total. The number of nitrogens with one attached hydrogen (secondary N) is 2. The Morgan fingerprint density at radius 1 is 1.30 bits per heavy atom. The molecule has 23 heavy (non-hydrogen) atoms. The van der Waals surface area contributed by atoms with Gasteiger partial charge in [-0.2, -0.15) is 0 Å².